The number of imidazole rings is 1. The molecule has 0 amide bonds. The Labute approximate surface area is 190 Å². The fourth-order valence-corrected chi connectivity index (χ4v) is 4.18. The highest BCUT2D eigenvalue weighted by Gasteiger charge is 2.14. The molecule has 0 spiro atoms. The van der Waals surface area contributed by atoms with Crippen LogP contribution in [0.2, 0.25) is 0 Å². The molecule has 172 valence electrons. The Balaban J connectivity index is 1.39. The molecule has 0 radical (unpaired) electrons. The van der Waals surface area contributed by atoms with Crippen molar-refractivity contribution < 1.29 is 17.7 Å². The van der Waals surface area contributed by atoms with Crippen LogP contribution in [0.3, 0.4) is 0 Å². The minimum Gasteiger partial charge on any atom is -0.474 e. The van der Waals surface area contributed by atoms with Gasteiger partial charge in [-0.05, 0) is 49.3 Å². The SMILES string of the molecule is CCn1c(-c2ccnc(Nc3ccc(S(=O)(=O)NCCOc4ccon4)cc3)n2)cnc1C. The second-order valence-electron chi connectivity index (χ2n) is 6.93. The molecule has 33 heavy (non-hydrogen) atoms. The average molecular weight is 470 g/mol. The van der Waals surface area contributed by atoms with Crippen LogP contribution in [-0.4, -0.2) is 46.2 Å². The van der Waals surface area contributed by atoms with E-state index in [0.29, 0.717) is 17.5 Å². The molecule has 0 saturated carbocycles. The largest absolute Gasteiger partial charge is 0.474 e. The third kappa shape index (κ3) is 5.35. The molecule has 3 heterocycles. The standard InChI is InChI=1S/C21H23N7O4S/c1-3-28-15(2)23-14-19(28)18-8-10-22-21(26-18)25-16-4-6-17(7-5-16)33(29,30)24-11-13-31-20-9-12-32-27-20/h4-10,12,14,24H,3,11,13H2,1-2H3,(H,22,25,26). The number of aromatic nitrogens is 5. The first-order chi connectivity index (χ1) is 16.0. The highest BCUT2D eigenvalue weighted by Crippen LogP contribution is 2.21. The van der Waals surface area contributed by atoms with Gasteiger partial charge in [-0.3, -0.25) is 0 Å². The van der Waals surface area contributed by atoms with Gasteiger partial charge in [-0.1, -0.05) is 0 Å². The Morgan fingerprint density at radius 1 is 1.12 bits per heavy atom. The van der Waals surface area contributed by atoms with Gasteiger partial charge in [-0.2, -0.15) is 0 Å². The van der Waals surface area contributed by atoms with Gasteiger partial charge >= 0.3 is 0 Å². The Morgan fingerprint density at radius 2 is 1.94 bits per heavy atom. The van der Waals surface area contributed by atoms with E-state index in [1.54, 1.807) is 30.6 Å². The molecule has 2 N–H and O–H groups in total. The van der Waals surface area contributed by atoms with Gasteiger partial charge in [-0.25, -0.2) is 28.1 Å². The van der Waals surface area contributed by atoms with Crippen LogP contribution in [0, 0.1) is 6.92 Å². The van der Waals surface area contributed by atoms with Gasteiger partial charge in [0.25, 0.3) is 5.88 Å². The van der Waals surface area contributed by atoms with Crippen LogP contribution in [0.1, 0.15) is 12.7 Å². The molecular weight excluding hydrogens is 446 g/mol. The first-order valence-electron chi connectivity index (χ1n) is 10.2. The Hall–Kier alpha value is -3.77. The predicted octanol–water partition coefficient (Wildman–Crippen LogP) is 2.76. The van der Waals surface area contributed by atoms with E-state index in [9.17, 15) is 8.42 Å². The molecule has 11 nitrogen and oxygen atoms in total. The zero-order chi connectivity index (χ0) is 23.3. The number of hydrogen-bond acceptors (Lipinski definition) is 9. The fourth-order valence-electron chi connectivity index (χ4n) is 3.17. The van der Waals surface area contributed by atoms with Gasteiger partial charge in [0.05, 0.1) is 22.5 Å². The Kier molecular flexibility index (Phi) is 6.66. The molecule has 0 aliphatic rings. The zero-order valence-electron chi connectivity index (χ0n) is 18.1. The number of hydrogen-bond donors (Lipinski definition) is 2. The molecule has 0 fully saturated rings. The topological polar surface area (TPSA) is 137 Å². The highest BCUT2D eigenvalue weighted by molar-refractivity contribution is 7.89. The van der Waals surface area contributed by atoms with Gasteiger partial charge in [-0.15, -0.1) is 0 Å². The molecule has 0 atom stereocenters. The number of rotatable bonds is 10. The number of nitrogens with zero attached hydrogens (tertiary/aromatic N) is 5. The van der Waals surface area contributed by atoms with Crippen molar-refractivity contribution in [3.8, 4) is 17.3 Å². The van der Waals surface area contributed by atoms with Crippen molar-refractivity contribution in [1.82, 2.24) is 29.4 Å². The van der Waals surface area contributed by atoms with E-state index in [4.69, 9.17) is 4.74 Å². The molecular formula is C21H23N7O4S. The summed E-state index contributed by atoms with van der Waals surface area (Å²) in [4.78, 5) is 13.3. The molecule has 1 aromatic carbocycles. The second kappa shape index (κ2) is 9.79. The lowest BCUT2D eigenvalue weighted by molar-refractivity contribution is 0.283. The van der Waals surface area contributed by atoms with E-state index >= 15 is 0 Å². The maximum absolute atomic E-state index is 12.5. The molecule has 0 aliphatic heterocycles. The van der Waals surface area contributed by atoms with Crippen molar-refractivity contribution in [3.63, 3.8) is 0 Å². The summed E-state index contributed by atoms with van der Waals surface area (Å²) in [6.45, 7) is 4.98. The molecule has 0 unspecified atom stereocenters. The van der Waals surface area contributed by atoms with E-state index in [-0.39, 0.29) is 18.0 Å². The molecule has 12 heteroatoms. The first kappa shape index (κ1) is 22.4. The quantitative estimate of drug-likeness (QED) is 0.336. The number of benzene rings is 1. The first-order valence-corrected chi connectivity index (χ1v) is 11.7. The summed E-state index contributed by atoms with van der Waals surface area (Å²) < 4.78 is 39.4. The minimum absolute atomic E-state index is 0.0869. The molecule has 0 bridgehead atoms. The van der Waals surface area contributed by atoms with Crippen LogP contribution < -0.4 is 14.8 Å². The molecule has 3 aromatic heterocycles. The normalized spacial score (nSPS) is 11.5. The lowest BCUT2D eigenvalue weighted by atomic mass is 10.3. The molecule has 0 saturated heterocycles. The monoisotopic (exact) mass is 469 g/mol. The summed E-state index contributed by atoms with van der Waals surface area (Å²) in [5, 5.41) is 6.69. The Bertz CT molecular complexity index is 1300. The van der Waals surface area contributed by atoms with E-state index in [2.05, 4.69) is 39.2 Å². The van der Waals surface area contributed by atoms with Crippen molar-refractivity contribution in [1.29, 1.82) is 0 Å². The minimum atomic E-state index is -3.68. The van der Waals surface area contributed by atoms with E-state index in [1.165, 1.54) is 18.4 Å². The molecule has 4 rings (SSSR count). The third-order valence-electron chi connectivity index (χ3n) is 4.77. The van der Waals surface area contributed by atoms with Crippen LogP contribution in [0.15, 0.2) is 64.5 Å². The van der Waals surface area contributed by atoms with E-state index in [1.807, 2.05) is 19.9 Å². The van der Waals surface area contributed by atoms with Gasteiger partial charge in [0.1, 0.15) is 18.7 Å². The maximum Gasteiger partial charge on any atom is 0.254 e. The summed E-state index contributed by atoms with van der Waals surface area (Å²) in [5.41, 5.74) is 2.30. The number of nitrogens with one attached hydrogen (secondary N) is 2. The number of sulfonamides is 1. The molecule has 4 aromatic rings. The fraction of sp³-hybridized carbons (Fsp3) is 0.238. The molecule has 0 aliphatic carbocycles. The number of aryl methyl sites for hydroxylation is 1. The Morgan fingerprint density at radius 3 is 2.67 bits per heavy atom. The highest BCUT2D eigenvalue weighted by atomic mass is 32.2. The van der Waals surface area contributed by atoms with Crippen molar-refractivity contribution in [2.45, 2.75) is 25.3 Å². The maximum atomic E-state index is 12.5. The lowest BCUT2D eigenvalue weighted by Crippen LogP contribution is -2.28. The van der Waals surface area contributed by atoms with Gasteiger partial charge in [0.15, 0.2) is 0 Å². The summed E-state index contributed by atoms with van der Waals surface area (Å²) in [5.74, 6) is 1.61. The van der Waals surface area contributed by atoms with Crippen LogP contribution in [-0.2, 0) is 16.6 Å². The second-order valence-corrected chi connectivity index (χ2v) is 8.70. The van der Waals surface area contributed by atoms with E-state index < -0.39 is 10.0 Å². The lowest BCUT2D eigenvalue weighted by Gasteiger charge is -2.10. The number of anilines is 2. The smallest absolute Gasteiger partial charge is 0.254 e. The zero-order valence-corrected chi connectivity index (χ0v) is 18.9. The van der Waals surface area contributed by atoms with E-state index in [0.717, 1.165) is 23.8 Å². The van der Waals surface area contributed by atoms with Crippen molar-refractivity contribution >= 4 is 21.7 Å². The summed E-state index contributed by atoms with van der Waals surface area (Å²) in [6, 6.07) is 9.67. The van der Waals surface area contributed by atoms with Crippen molar-refractivity contribution in [3.05, 3.63) is 60.9 Å². The summed E-state index contributed by atoms with van der Waals surface area (Å²) >= 11 is 0. The summed E-state index contributed by atoms with van der Waals surface area (Å²) in [6.07, 6.45) is 4.82. The van der Waals surface area contributed by atoms with Crippen LogP contribution in [0.5, 0.6) is 5.88 Å². The number of ether oxygens (including phenoxy) is 1. The van der Waals surface area contributed by atoms with Gasteiger partial charge < -0.3 is 19.1 Å². The van der Waals surface area contributed by atoms with Crippen LogP contribution in [0.25, 0.3) is 11.4 Å². The third-order valence-corrected chi connectivity index (χ3v) is 6.25. The average Bonchev–Trinajstić information content (AvgIpc) is 3.46. The van der Waals surface area contributed by atoms with Crippen molar-refractivity contribution in [2.75, 3.05) is 18.5 Å². The van der Waals surface area contributed by atoms with Gasteiger partial charge in [0, 0.05) is 31.0 Å². The van der Waals surface area contributed by atoms with Gasteiger partial charge in [0.2, 0.25) is 16.0 Å². The summed E-state index contributed by atoms with van der Waals surface area (Å²) in [7, 11) is -3.68. The van der Waals surface area contributed by atoms with Crippen LogP contribution in [0.4, 0.5) is 11.6 Å². The predicted molar refractivity (Wildman–Crippen MR) is 121 cm³/mol. The van der Waals surface area contributed by atoms with Crippen molar-refractivity contribution in [2.24, 2.45) is 0 Å². The van der Waals surface area contributed by atoms with Crippen LogP contribution >= 0.6 is 0 Å².